The van der Waals surface area contributed by atoms with Crippen LogP contribution in [0, 0.1) is 11.8 Å². The number of imide groups is 1. The summed E-state index contributed by atoms with van der Waals surface area (Å²) in [7, 11) is 0. The molecule has 0 spiro atoms. The molecule has 1 N–H and O–H groups in total. The van der Waals surface area contributed by atoms with Crippen molar-refractivity contribution < 1.29 is 24.4 Å². The van der Waals surface area contributed by atoms with Gasteiger partial charge in [0.1, 0.15) is 23.4 Å². The van der Waals surface area contributed by atoms with Crippen molar-refractivity contribution in [1.29, 1.82) is 0 Å². The summed E-state index contributed by atoms with van der Waals surface area (Å²) in [5, 5.41) is 8.95. The predicted molar refractivity (Wildman–Crippen MR) is 44.5 cm³/mol. The Labute approximate surface area is 84.8 Å². The van der Waals surface area contributed by atoms with Crippen LogP contribution in [0.1, 0.15) is 19.3 Å². The standard InChI is InChI=1S/C9H9NO5/c11-4-2-1-3-5(12)7-6(4)8(13)10(15)9(7)14/h6-7,15H,1-3H2. The Bertz CT molecular complexity index is 341. The normalized spacial score (nSPS) is 31.9. The van der Waals surface area contributed by atoms with Crippen molar-refractivity contribution in [1.82, 2.24) is 5.06 Å². The van der Waals surface area contributed by atoms with Crippen molar-refractivity contribution in [2.75, 3.05) is 0 Å². The number of fused-ring (bicyclic) bond motifs is 1. The van der Waals surface area contributed by atoms with Gasteiger partial charge in [-0.15, -0.1) is 0 Å². The topological polar surface area (TPSA) is 91.8 Å². The predicted octanol–water partition coefficient (Wildman–Crippen LogP) is -0.701. The Morgan fingerprint density at radius 2 is 1.33 bits per heavy atom. The van der Waals surface area contributed by atoms with Crippen LogP contribution in [-0.4, -0.2) is 33.7 Å². The SMILES string of the molecule is O=C1CCCC(=O)C2C(=O)N(O)C(=O)C12. The molecular formula is C9H9NO5. The Morgan fingerprint density at radius 1 is 0.933 bits per heavy atom. The fraction of sp³-hybridized carbons (Fsp3) is 0.556. The Hall–Kier alpha value is -1.56. The molecule has 0 bridgehead atoms. The second-order valence-corrected chi connectivity index (χ2v) is 3.73. The highest BCUT2D eigenvalue weighted by Gasteiger charge is 2.54. The number of hydroxylamine groups is 2. The molecular weight excluding hydrogens is 202 g/mol. The van der Waals surface area contributed by atoms with Crippen LogP contribution in [0.2, 0.25) is 0 Å². The number of Topliss-reactive ketones (excluding diaryl/α,β-unsaturated/α-hetero) is 2. The molecule has 6 nitrogen and oxygen atoms in total. The summed E-state index contributed by atoms with van der Waals surface area (Å²) in [6, 6.07) is 0. The van der Waals surface area contributed by atoms with E-state index in [1.807, 2.05) is 0 Å². The van der Waals surface area contributed by atoms with E-state index in [2.05, 4.69) is 0 Å². The maximum Gasteiger partial charge on any atom is 0.265 e. The molecule has 80 valence electrons. The average molecular weight is 211 g/mol. The highest BCUT2D eigenvalue weighted by atomic mass is 16.5. The number of carbonyl (C=O) groups excluding carboxylic acids is 4. The molecule has 1 heterocycles. The second kappa shape index (κ2) is 3.23. The molecule has 2 unspecified atom stereocenters. The summed E-state index contributed by atoms with van der Waals surface area (Å²) in [6.07, 6.45) is 0.593. The number of hydrogen-bond donors (Lipinski definition) is 1. The fourth-order valence-corrected chi connectivity index (χ4v) is 2.05. The maximum atomic E-state index is 11.5. The highest BCUT2D eigenvalue weighted by molar-refractivity contribution is 6.22. The van der Waals surface area contributed by atoms with E-state index in [1.165, 1.54) is 0 Å². The van der Waals surface area contributed by atoms with Crippen molar-refractivity contribution in [3.8, 4) is 0 Å². The third-order valence-electron chi connectivity index (χ3n) is 2.82. The lowest BCUT2D eigenvalue weighted by atomic mass is 9.89. The van der Waals surface area contributed by atoms with Gasteiger partial charge in [-0.2, -0.15) is 5.06 Å². The molecule has 1 aliphatic carbocycles. The summed E-state index contributed by atoms with van der Waals surface area (Å²) in [5.41, 5.74) is 0. The average Bonchev–Trinajstić information content (AvgIpc) is 2.35. The van der Waals surface area contributed by atoms with E-state index in [9.17, 15) is 19.2 Å². The molecule has 0 aromatic heterocycles. The van der Waals surface area contributed by atoms with Gasteiger partial charge in [0, 0.05) is 12.8 Å². The number of hydrogen-bond acceptors (Lipinski definition) is 5. The Morgan fingerprint density at radius 3 is 1.73 bits per heavy atom. The summed E-state index contributed by atoms with van der Waals surface area (Å²) < 4.78 is 0. The highest BCUT2D eigenvalue weighted by Crippen LogP contribution is 2.32. The second-order valence-electron chi connectivity index (χ2n) is 3.73. The van der Waals surface area contributed by atoms with Gasteiger partial charge < -0.3 is 0 Å². The van der Waals surface area contributed by atoms with Gasteiger partial charge in [-0.3, -0.25) is 24.4 Å². The first-order chi connectivity index (χ1) is 7.04. The van der Waals surface area contributed by atoms with E-state index in [0.29, 0.717) is 6.42 Å². The first kappa shape index (κ1) is 9.97. The smallest absolute Gasteiger partial charge is 0.265 e. The third-order valence-corrected chi connectivity index (χ3v) is 2.82. The summed E-state index contributed by atoms with van der Waals surface area (Å²) >= 11 is 0. The van der Waals surface area contributed by atoms with Crippen LogP contribution in [0.15, 0.2) is 0 Å². The summed E-state index contributed by atoms with van der Waals surface area (Å²) in [5.74, 6) is -5.35. The molecule has 0 radical (unpaired) electrons. The number of carbonyl (C=O) groups is 4. The number of nitrogens with zero attached hydrogens (tertiary/aromatic N) is 1. The molecule has 1 saturated carbocycles. The lowest BCUT2D eigenvalue weighted by molar-refractivity contribution is -0.173. The quantitative estimate of drug-likeness (QED) is 0.325. The van der Waals surface area contributed by atoms with Gasteiger partial charge in [-0.05, 0) is 6.42 Å². The number of amides is 2. The molecule has 2 atom stereocenters. The largest absolute Gasteiger partial charge is 0.299 e. The monoisotopic (exact) mass is 211 g/mol. The molecule has 2 aliphatic rings. The Kier molecular flexibility index (Phi) is 2.15. The van der Waals surface area contributed by atoms with Gasteiger partial charge in [0.05, 0.1) is 0 Å². The molecule has 1 saturated heterocycles. The zero-order valence-electron chi connectivity index (χ0n) is 7.80. The van der Waals surface area contributed by atoms with Crippen molar-refractivity contribution in [2.24, 2.45) is 11.8 Å². The first-order valence-corrected chi connectivity index (χ1v) is 4.66. The maximum absolute atomic E-state index is 11.5. The molecule has 2 fully saturated rings. The van der Waals surface area contributed by atoms with Crippen LogP contribution < -0.4 is 0 Å². The summed E-state index contributed by atoms with van der Waals surface area (Å²) in [4.78, 5) is 45.6. The zero-order chi connectivity index (χ0) is 11.2. The van der Waals surface area contributed by atoms with E-state index in [4.69, 9.17) is 5.21 Å². The van der Waals surface area contributed by atoms with E-state index in [-0.39, 0.29) is 17.9 Å². The van der Waals surface area contributed by atoms with Crippen LogP contribution in [0.3, 0.4) is 0 Å². The van der Waals surface area contributed by atoms with Gasteiger partial charge in [0.25, 0.3) is 11.8 Å². The van der Waals surface area contributed by atoms with Gasteiger partial charge >= 0.3 is 0 Å². The molecule has 15 heavy (non-hydrogen) atoms. The number of ketones is 2. The van der Waals surface area contributed by atoms with E-state index < -0.39 is 35.2 Å². The fourth-order valence-electron chi connectivity index (χ4n) is 2.05. The van der Waals surface area contributed by atoms with Gasteiger partial charge in [0.15, 0.2) is 0 Å². The van der Waals surface area contributed by atoms with Crippen molar-refractivity contribution >= 4 is 23.4 Å². The lowest BCUT2D eigenvalue weighted by Crippen LogP contribution is -2.29. The lowest BCUT2D eigenvalue weighted by Gasteiger charge is -2.06. The van der Waals surface area contributed by atoms with Crippen LogP contribution in [0.25, 0.3) is 0 Å². The van der Waals surface area contributed by atoms with Crippen LogP contribution in [0.5, 0.6) is 0 Å². The minimum Gasteiger partial charge on any atom is -0.299 e. The molecule has 2 amide bonds. The third kappa shape index (κ3) is 1.29. The molecule has 1 aliphatic heterocycles. The van der Waals surface area contributed by atoms with Crippen molar-refractivity contribution in [3.63, 3.8) is 0 Å². The molecule has 0 aromatic rings. The van der Waals surface area contributed by atoms with Crippen LogP contribution >= 0.6 is 0 Å². The van der Waals surface area contributed by atoms with E-state index in [1.54, 1.807) is 0 Å². The van der Waals surface area contributed by atoms with E-state index >= 15 is 0 Å². The summed E-state index contributed by atoms with van der Waals surface area (Å²) in [6.45, 7) is 0. The molecule has 6 heteroatoms. The van der Waals surface area contributed by atoms with Crippen LogP contribution in [-0.2, 0) is 19.2 Å². The van der Waals surface area contributed by atoms with Gasteiger partial charge in [-0.25, -0.2) is 0 Å². The van der Waals surface area contributed by atoms with Gasteiger partial charge in [0.2, 0.25) is 0 Å². The Balaban J connectivity index is 2.44. The number of rotatable bonds is 0. The molecule has 0 aromatic carbocycles. The van der Waals surface area contributed by atoms with Gasteiger partial charge in [-0.1, -0.05) is 0 Å². The zero-order valence-corrected chi connectivity index (χ0v) is 7.80. The molecule has 2 rings (SSSR count). The van der Waals surface area contributed by atoms with Crippen molar-refractivity contribution in [2.45, 2.75) is 19.3 Å². The minimum atomic E-state index is -1.28. The van der Waals surface area contributed by atoms with Crippen molar-refractivity contribution in [3.05, 3.63) is 0 Å². The minimum absolute atomic E-state index is 0.101. The first-order valence-electron chi connectivity index (χ1n) is 4.66. The van der Waals surface area contributed by atoms with E-state index in [0.717, 1.165) is 0 Å². The van der Waals surface area contributed by atoms with Crippen LogP contribution in [0.4, 0.5) is 0 Å².